The lowest BCUT2D eigenvalue weighted by atomic mass is 10.2. The fourth-order valence-electron chi connectivity index (χ4n) is 2.17. The third-order valence-electron chi connectivity index (χ3n) is 3.41. The van der Waals surface area contributed by atoms with Crippen molar-refractivity contribution in [1.82, 2.24) is 0 Å². The average Bonchev–Trinajstić information content (AvgIpc) is 3.14. The van der Waals surface area contributed by atoms with Crippen molar-refractivity contribution in [2.45, 2.75) is 25.8 Å². The number of halogens is 1. The summed E-state index contributed by atoms with van der Waals surface area (Å²) in [5.74, 6) is 1.27. The second-order valence-corrected chi connectivity index (χ2v) is 5.34. The van der Waals surface area contributed by atoms with E-state index < -0.39 is 0 Å². The van der Waals surface area contributed by atoms with E-state index in [0.717, 1.165) is 11.6 Å². The van der Waals surface area contributed by atoms with E-state index in [-0.39, 0.29) is 12.5 Å². The average molecular weight is 267 g/mol. The molecule has 0 radical (unpaired) electrons. The first kappa shape index (κ1) is 11.7. The number of hydrogen-bond donors (Lipinski definition) is 2. The summed E-state index contributed by atoms with van der Waals surface area (Å²) in [6, 6.07) is 4.00. The highest BCUT2D eigenvalue weighted by Gasteiger charge is 2.28. The highest BCUT2D eigenvalue weighted by molar-refractivity contribution is 6.33. The fraction of sp³-hybridized carbons (Fsp3) is 0.462. The van der Waals surface area contributed by atoms with Crippen LogP contribution in [-0.2, 0) is 4.79 Å². The molecule has 1 fully saturated rings. The first-order valence-corrected chi connectivity index (χ1v) is 6.54. The molecule has 1 aromatic carbocycles. The smallest absolute Gasteiger partial charge is 0.262 e. The Bertz CT molecular complexity index is 500. The Morgan fingerprint density at radius 1 is 1.50 bits per heavy atom. The van der Waals surface area contributed by atoms with Crippen molar-refractivity contribution in [2.75, 3.05) is 17.2 Å². The number of ether oxygens (including phenoxy) is 1. The highest BCUT2D eigenvalue weighted by Crippen LogP contribution is 2.39. The molecule has 1 saturated carbocycles. The monoisotopic (exact) mass is 266 g/mol. The molecule has 3 rings (SSSR count). The molecule has 1 unspecified atom stereocenters. The maximum absolute atomic E-state index is 11.2. The van der Waals surface area contributed by atoms with Crippen molar-refractivity contribution in [1.29, 1.82) is 0 Å². The Hall–Kier alpha value is -1.42. The maximum Gasteiger partial charge on any atom is 0.262 e. The molecule has 1 heterocycles. The number of carbonyl (C=O) groups excluding carboxylic acids is 1. The quantitative estimate of drug-likeness (QED) is 0.884. The predicted octanol–water partition coefficient (Wildman–Crippen LogP) is 2.88. The molecule has 1 aromatic rings. The van der Waals surface area contributed by atoms with Crippen molar-refractivity contribution in [2.24, 2.45) is 5.92 Å². The van der Waals surface area contributed by atoms with Crippen molar-refractivity contribution in [3.05, 3.63) is 17.2 Å². The van der Waals surface area contributed by atoms with E-state index in [1.807, 2.05) is 6.07 Å². The normalized spacial score (nSPS) is 19.6. The Labute approximate surface area is 111 Å². The topological polar surface area (TPSA) is 50.4 Å². The van der Waals surface area contributed by atoms with E-state index in [2.05, 4.69) is 17.6 Å². The van der Waals surface area contributed by atoms with Crippen LogP contribution in [0.1, 0.15) is 19.8 Å². The number of rotatable bonds is 3. The van der Waals surface area contributed by atoms with Gasteiger partial charge in [0.05, 0.1) is 16.4 Å². The number of fused-ring (bicyclic) bond motifs is 1. The first-order chi connectivity index (χ1) is 8.63. The molecule has 18 heavy (non-hydrogen) atoms. The van der Waals surface area contributed by atoms with Gasteiger partial charge in [-0.3, -0.25) is 4.79 Å². The van der Waals surface area contributed by atoms with Crippen LogP contribution in [0.5, 0.6) is 5.75 Å². The Balaban J connectivity index is 1.84. The van der Waals surface area contributed by atoms with Crippen LogP contribution in [0.25, 0.3) is 0 Å². The van der Waals surface area contributed by atoms with Gasteiger partial charge in [-0.2, -0.15) is 0 Å². The third-order valence-corrected chi connectivity index (χ3v) is 3.73. The minimum atomic E-state index is -0.148. The molecule has 96 valence electrons. The number of amides is 1. The van der Waals surface area contributed by atoms with Crippen LogP contribution in [0.2, 0.25) is 5.02 Å². The van der Waals surface area contributed by atoms with Crippen LogP contribution >= 0.6 is 11.6 Å². The van der Waals surface area contributed by atoms with Crippen LogP contribution in [0.3, 0.4) is 0 Å². The van der Waals surface area contributed by atoms with Gasteiger partial charge in [0.2, 0.25) is 0 Å². The van der Waals surface area contributed by atoms with Gasteiger partial charge in [-0.25, -0.2) is 0 Å². The molecule has 5 heteroatoms. The SMILES string of the molecule is CC(Nc1cc2c(cc1Cl)NC(=O)CO2)C1CC1. The number of benzene rings is 1. The summed E-state index contributed by atoms with van der Waals surface area (Å²) in [4.78, 5) is 11.2. The number of anilines is 2. The van der Waals surface area contributed by atoms with E-state index in [4.69, 9.17) is 16.3 Å². The van der Waals surface area contributed by atoms with Gasteiger partial charge in [-0.1, -0.05) is 11.6 Å². The second-order valence-electron chi connectivity index (χ2n) is 4.94. The Morgan fingerprint density at radius 2 is 2.28 bits per heavy atom. The molecule has 1 aliphatic heterocycles. The lowest BCUT2D eigenvalue weighted by Gasteiger charge is -2.21. The lowest BCUT2D eigenvalue weighted by molar-refractivity contribution is -0.118. The van der Waals surface area contributed by atoms with Crippen LogP contribution in [-0.4, -0.2) is 18.6 Å². The Kier molecular flexibility index (Phi) is 2.82. The molecular weight excluding hydrogens is 252 g/mol. The van der Waals surface area contributed by atoms with Gasteiger partial charge < -0.3 is 15.4 Å². The molecule has 2 N–H and O–H groups in total. The van der Waals surface area contributed by atoms with Crippen molar-refractivity contribution in [3.8, 4) is 5.75 Å². The van der Waals surface area contributed by atoms with Crippen LogP contribution in [0.4, 0.5) is 11.4 Å². The number of carbonyl (C=O) groups is 1. The zero-order chi connectivity index (χ0) is 12.7. The third kappa shape index (κ3) is 2.25. The van der Waals surface area contributed by atoms with Gasteiger partial charge in [0.25, 0.3) is 5.91 Å². The summed E-state index contributed by atoms with van der Waals surface area (Å²) in [5, 5.41) is 6.75. The summed E-state index contributed by atoms with van der Waals surface area (Å²) >= 11 is 6.21. The number of nitrogens with one attached hydrogen (secondary N) is 2. The van der Waals surface area contributed by atoms with Crippen molar-refractivity contribution < 1.29 is 9.53 Å². The van der Waals surface area contributed by atoms with E-state index >= 15 is 0 Å². The minimum Gasteiger partial charge on any atom is -0.482 e. The minimum absolute atomic E-state index is 0.0618. The fourth-order valence-corrected chi connectivity index (χ4v) is 2.39. The van der Waals surface area contributed by atoms with E-state index in [9.17, 15) is 4.79 Å². The molecule has 2 aliphatic rings. The van der Waals surface area contributed by atoms with Gasteiger partial charge >= 0.3 is 0 Å². The van der Waals surface area contributed by atoms with Gasteiger partial charge in [-0.05, 0) is 31.7 Å². The maximum atomic E-state index is 11.2. The van der Waals surface area contributed by atoms with E-state index in [1.165, 1.54) is 12.8 Å². The van der Waals surface area contributed by atoms with Gasteiger partial charge in [0.15, 0.2) is 6.61 Å². The molecule has 0 aromatic heterocycles. The second kappa shape index (κ2) is 4.35. The number of hydrogen-bond acceptors (Lipinski definition) is 3. The van der Waals surface area contributed by atoms with E-state index in [1.54, 1.807) is 6.07 Å². The standard InChI is InChI=1S/C13H15ClN2O2/c1-7(8-2-3-8)15-10-5-12-11(4-9(10)14)16-13(17)6-18-12/h4-5,7-8,15H,2-3,6H2,1H3,(H,16,17). The molecule has 0 saturated heterocycles. The van der Waals surface area contributed by atoms with Crippen LogP contribution in [0, 0.1) is 5.92 Å². The molecule has 0 spiro atoms. The summed E-state index contributed by atoms with van der Waals surface area (Å²) in [6.45, 7) is 2.22. The zero-order valence-electron chi connectivity index (χ0n) is 10.1. The van der Waals surface area contributed by atoms with Crippen molar-refractivity contribution >= 4 is 28.9 Å². The molecule has 4 nitrogen and oxygen atoms in total. The molecule has 1 atom stereocenters. The molecule has 1 amide bonds. The molecule has 1 aliphatic carbocycles. The predicted molar refractivity (Wildman–Crippen MR) is 71.4 cm³/mol. The van der Waals surface area contributed by atoms with Crippen molar-refractivity contribution in [3.63, 3.8) is 0 Å². The first-order valence-electron chi connectivity index (χ1n) is 6.16. The highest BCUT2D eigenvalue weighted by atomic mass is 35.5. The van der Waals surface area contributed by atoms with Crippen LogP contribution in [0.15, 0.2) is 12.1 Å². The molecule has 0 bridgehead atoms. The van der Waals surface area contributed by atoms with Crippen LogP contribution < -0.4 is 15.4 Å². The summed E-state index contributed by atoms with van der Waals surface area (Å²) in [5.41, 5.74) is 1.51. The zero-order valence-corrected chi connectivity index (χ0v) is 10.9. The summed E-state index contributed by atoms with van der Waals surface area (Å²) in [6.07, 6.45) is 2.56. The van der Waals surface area contributed by atoms with Gasteiger partial charge in [0.1, 0.15) is 5.75 Å². The van der Waals surface area contributed by atoms with Gasteiger partial charge in [-0.15, -0.1) is 0 Å². The van der Waals surface area contributed by atoms with Gasteiger partial charge in [0, 0.05) is 12.1 Å². The molecular formula is C13H15ClN2O2. The van der Waals surface area contributed by atoms with E-state index in [0.29, 0.717) is 22.5 Å². The summed E-state index contributed by atoms with van der Waals surface area (Å²) < 4.78 is 5.38. The largest absolute Gasteiger partial charge is 0.482 e. The summed E-state index contributed by atoms with van der Waals surface area (Å²) in [7, 11) is 0. The lowest BCUT2D eigenvalue weighted by Crippen LogP contribution is -2.25. The Morgan fingerprint density at radius 3 is 3.00 bits per heavy atom.